The summed E-state index contributed by atoms with van der Waals surface area (Å²) in [6.45, 7) is 16.3. The summed E-state index contributed by atoms with van der Waals surface area (Å²) in [5.74, 6) is 0.848. The summed E-state index contributed by atoms with van der Waals surface area (Å²) in [6.07, 6.45) is 8.88. The summed E-state index contributed by atoms with van der Waals surface area (Å²) in [7, 11) is 1.64. The highest BCUT2D eigenvalue weighted by Gasteiger charge is 2.24. The van der Waals surface area contributed by atoms with Gasteiger partial charge < -0.3 is 34.7 Å². The number of nitrogens with zero attached hydrogens (tertiary/aromatic N) is 2. The van der Waals surface area contributed by atoms with Gasteiger partial charge in [-0.05, 0) is 78.7 Å². The van der Waals surface area contributed by atoms with Crippen LogP contribution in [0.5, 0.6) is 0 Å². The van der Waals surface area contributed by atoms with Crippen molar-refractivity contribution in [2.75, 3.05) is 59.9 Å². The zero-order valence-electron chi connectivity index (χ0n) is 29.5. The van der Waals surface area contributed by atoms with Crippen LogP contribution in [-0.4, -0.2) is 98.8 Å². The lowest BCUT2D eigenvalue weighted by atomic mass is 9.81. The SMILES string of the molecule is COCCOCCOCCOCCCC(=O)CCCC(=O)CCCC(CCCC(C)(C)/C(C)=N\O)CCNC(C)(C)/C(C)=N\O. The number of rotatable bonds is 31. The molecule has 45 heavy (non-hydrogen) atoms. The van der Waals surface area contributed by atoms with E-state index in [2.05, 4.69) is 29.5 Å². The Bertz CT molecular complexity index is 809. The summed E-state index contributed by atoms with van der Waals surface area (Å²) in [5.41, 5.74) is 0.806. The van der Waals surface area contributed by atoms with Crippen LogP contribution in [0.2, 0.25) is 0 Å². The number of Topliss-reactive ketones (excluding diaryl/α,β-unsaturated/α-hetero) is 2. The van der Waals surface area contributed by atoms with E-state index >= 15 is 0 Å². The third kappa shape index (κ3) is 23.1. The van der Waals surface area contributed by atoms with E-state index in [-0.39, 0.29) is 17.0 Å². The standard InChI is InChI=1S/C34H65N3O8/c1-28(36-40)33(3,4)19-10-13-30(18-20-35-34(5,6)29(2)37-41)12-8-14-31(38)15-9-16-32(39)17-11-21-43-24-25-45-27-26-44-23-22-42-7/h30,35,40-41H,8-27H2,1-7H3/b36-28-,37-29-. The van der Waals surface area contributed by atoms with Gasteiger partial charge in [-0.25, -0.2) is 0 Å². The van der Waals surface area contributed by atoms with Crippen LogP contribution in [-0.2, 0) is 28.5 Å². The quantitative estimate of drug-likeness (QED) is 0.0347. The minimum Gasteiger partial charge on any atom is -0.411 e. The normalized spacial score (nSPS) is 13.8. The smallest absolute Gasteiger partial charge is 0.133 e. The number of nitrogens with one attached hydrogen (secondary N) is 1. The van der Waals surface area contributed by atoms with Gasteiger partial charge in [-0.1, -0.05) is 37.0 Å². The fraction of sp³-hybridized carbons (Fsp3) is 0.882. The van der Waals surface area contributed by atoms with Gasteiger partial charge in [0, 0.05) is 44.8 Å². The number of hydrogen-bond donors (Lipinski definition) is 3. The van der Waals surface area contributed by atoms with Crippen LogP contribution in [0.1, 0.15) is 119 Å². The highest BCUT2D eigenvalue weighted by atomic mass is 16.6. The molecule has 11 heteroatoms. The van der Waals surface area contributed by atoms with E-state index < -0.39 is 5.54 Å². The van der Waals surface area contributed by atoms with Crippen molar-refractivity contribution in [2.24, 2.45) is 21.6 Å². The molecule has 0 saturated heterocycles. The van der Waals surface area contributed by atoms with Crippen LogP contribution in [0.25, 0.3) is 0 Å². The van der Waals surface area contributed by atoms with Gasteiger partial charge in [0.2, 0.25) is 0 Å². The van der Waals surface area contributed by atoms with Gasteiger partial charge in [0.15, 0.2) is 0 Å². The number of methoxy groups -OCH3 is 1. The molecule has 0 amide bonds. The summed E-state index contributed by atoms with van der Waals surface area (Å²) >= 11 is 0. The van der Waals surface area contributed by atoms with Crippen molar-refractivity contribution in [2.45, 2.75) is 124 Å². The van der Waals surface area contributed by atoms with Gasteiger partial charge in [0.25, 0.3) is 0 Å². The first kappa shape index (κ1) is 43.1. The molecule has 0 aromatic rings. The molecule has 0 aromatic heterocycles. The van der Waals surface area contributed by atoms with E-state index in [1.54, 1.807) is 14.0 Å². The first-order valence-corrected chi connectivity index (χ1v) is 16.8. The minimum absolute atomic E-state index is 0.163. The lowest BCUT2D eigenvalue weighted by Gasteiger charge is -2.28. The molecule has 0 aromatic carbocycles. The number of carbonyl (C=O) groups excluding carboxylic acids is 2. The monoisotopic (exact) mass is 643 g/mol. The molecule has 0 spiro atoms. The first-order valence-electron chi connectivity index (χ1n) is 16.8. The molecule has 0 heterocycles. The lowest BCUT2D eigenvalue weighted by Crippen LogP contribution is -2.46. The van der Waals surface area contributed by atoms with Crippen LogP contribution >= 0.6 is 0 Å². The fourth-order valence-corrected chi connectivity index (χ4v) is 4.80. The molecular formula is C34H65N3O8. The average Bonchev–Trinajstić information content (AvgIpc) is 3.00. The Morgan fingerprint density at radius 3 is 1.71 bits per heavy atom. The largest absolute Gasteiger partial charge is 0.411 e. The molecule has 0 fully saturated rings. The van der Waals surface area contributed by atoms with Crippen molar-refractivity contribution < 1.29 is 39.0 Å². The number of ether oxygens (including phenoxy) is 4. The van der Waals surface area contributed by atoms with Crippen molar-refractivity contribution in [3.8, 4) is 0 Å². The highest BCUT2D eigenvalue weighted by molar-refractivity contribution is 5.90. The summed E-state index contributed by atoms with van der Waals surface area (Å²) in [4.78, 5) is 24.8. The number of carbonyl (C=O) groups is 2. The second kappa shape index (κ2) is 26.2. The summed E-state index contributed by atoms with van der Waals surface area (Å²) in [5, 5.41) is 28.6. The van der Waals surface area contributed by atoms with Gasteiger partial charge in [0.05, 0.1) is 56.6 Å². The van der Waals surface area contributed by atoms with Crippen LogP contribution in [0.3, 0.4) is 0 Å². The Balaban J connectivity index is 4.27. The summed E-state index contributed by atoms with van der Waals surface area (Å²) in [6, 6.07) is 0. The van der Waals surface area contributed by atoms with Crippen LogP contribution in [0.15, 0.2) is 10.3 Å². The molecule has 0 saturated carbocycles. The van der Waals surface area contributed by atoms with Crippen LogP contribution in [0, 0.1) is 11.3 Å². The van der Waals surface area contributed by atoms with E-state index in [1.165, 1.54) is 0 Å². The third-order valence-electron chi connectivity index (χ3n) is 8.62. The first-order chi connectivity index (χ1) is 21.4. The van der Waals surface area contributed by atoms with E-state index in [4.69, 9.17) is 24.2 Å². The Labute approximate surface area is 272 Å². The predicted octanol–water partition coefficient (Wildman–Crippen LogP) is 6.21. The minimum atomic E-state index is -0.397. The molecule has 0 aliphatic heterocycles. The molecule has 0 bridgehead atoms. The second-order valence-corrected chi connectivity index (χ2v) is 13.1. The zero-order valence-corrected chi connectivity index (χ0v) is 29.5. The maximum Gasteiger partial charge on any atom is 0.133 e. The number of oxime groups is 2. The van der Waals surface area contributed by atoms with E-state index in [1.807, 2.05) is 20.8 Å². The van der Waals surface area contributed by atoms with E-state index in [0.29, 0.717) is 96.4 Å². The van der Waals surface area contributed by atoms with Crippen LogP contribution in [0.4, 0.5) is 0 Å². The maximum atomic E-state index is 12.5. The van der Waals surface area contributed by atoms with Crippen molar-refractivity contribution in [3.63, 3.8) is 0 Å². The van der Waals surface area contributed by atoms with Gasteiger partial charge >= 0.3 is 0 Å². The molecule has 11 nitrogen and oxygen atoms in total. The molecule has 0 aliphatic carbocycles. The average molecular weight is 644 g/mol. The number of hydrogen-bond acceptors (Lipinski definition) is 11. The maximum absolute atomic E-state index is 12.5. The zero-order chi connectivity index (χ0) is 34.0. The molecule has 0 rings (SSSR count). The van der Waals surface area contributed by atoms with Crippen molar-refractivity contribution in [3.05, 3.63) is 0 Å². The van der Waals surface area contributed by atoms with Crippen molar-refractivity contribution in [1.82, 2.24) is 5.32 Å². The third-order valence-corrected chi connectivity index (χ3v) is 8.62. The van der Waals surface area contributed by atoms with E-state index in [0.717, 1.165) is 50.8 Å². The molecule has 3 N–H and O–H groups in total. The predicted molar refractivity (Wildman–Crippen MR) is 179 cm³/mol. The fourth-order valence-electron chi connectivity index (χ4n) is 4.80. The molecular weight excluding hydrogens is 578 g/mol. The Kier molecular flexibility index (Phi) is 25.1. The molecule has 1 atom stereocenters. The van der Waals surface area contributed by atoms with Crippen molar-refractivity contribution in [1.29, 1.82) is 0 Å². The second-order valence-electron chi connectivity index (χ2n) is 13.1. The molecule has 264 valence electrons. The van der Waals surface area contributed by atoms with Crippen molar-refractivity contribution >= 4 is 23.0 Å². The van der Waals surface area contributed by atoms with Gasteiger partial charge in [-0.3, -0.25) is 9.59 Å². The topological polar surface area (TPSA) is 148 Å². The Morgan fingerprint density at radius 2 is 1.16 bits per heavy atom. The van der Waals surface area contributed by atoms with E-state index in [9.17, 15) is 14.8 Å². The Morgan fingerprint density at radius 1 is 0.667 bits per heavy atom. The Hall–Kier alpha value is -1.92. The van der Waals surface area contributed by atoms with Crippen LogP contribution < -0.4 is 5.32 Å². The number of ketones is 2. The van der Waals surface area contributed by atoms with Gasteiger partial charge in [-0.2, -0.15) is 0 Å². The molecule has 0 aliphatic rings. The lowest BCUT2D eigenvalue weighted by molar-refractivity contribution is -0.120. The molecule has 0 radical (unpaired) electrons. The van der Waals surface area contributed by atoms with Gasteiger partial charge in [0.1, 0.15) is 11.6 Å². The molecule has 1 unspecified atom stereocenters. The highest BCUT2D eigenvalue weighted by Crippen LogP contribution is 2.28. The van der Waals surface area contributed by atoms with Gasteiger partial charge in [-0.15, -0.1) is 0 Å². The summed E-state index contributed by atoms with van der Waals surface area (Å²) < 4.78 is 21.2.